The molecule has 0 bridgehead atoms. The summed E-state index contributed by atoms with van der Waals surface area (Å²) in [7, 11) is 2.00. The first-order valence-electron chi connectivity index (χ1n) is 6.73. The zero-order valence-corrected chi connectivity index (χ0v) is 11.7. The fourth-order valence-corrected chi connectivity index (χ4v) is 1.64. The molecule has 1 aromatic rings. The van der Waals surface area contributed by atoms with E-state index in [9.17, 15) is 0 Å². The molecule has 0 heterocycles. The summed E-state index contributed by atoms with van der Waals surface area (Å²) < 4.78 is 10.8. The third-order valence-electron chi connectivity index (χ3n) is 2.98. The van der Waals surface area contributed by atoms with Crippen molar-refractivity contribution < 1.29 is 9.47 Å². The zero-order valence-electron chi connectivity index (χ0n) is 11.7. The molecule has 0 aliphatic heterocycles. The Kier molecular flexibility index (Phi) is 7.46. The van der Waals surface area contributed by atoms with E-state index in [1.165, 1.54) is 5.56 Å². The van der Waals surface area contributed by atoms with Gasteiger partial charge in [0, 0.05) is 12.6 Å². The molecule has 0 saturated carbocycles. The Hall–Kier alpha value is -1.06. The second-order valence-electron chi connectivity index (χ2n) is 4.42. The van der Waals surface area contributed by atoms with Crippen LogP contribution in [0.25, 0.3) is 0 Å². The predicted molar refractivity (Wildman–Crippen MR) is 75.3 cm³/mol. The molecule has 0 aliphatic carbocycles. The van der Waals surface area contributed by atoms with Gasteiger partial charge < -0.3 is 14.8 Å². The highest BCUT2D eigenvalue weighted by atomic mass is 16.5. The highest BCUT2D eigenvalue weighted by Gasteiger charge is 2.00. The summed E-state index contributed by atoms with van der Waals surface area (Å²) in [5.41, 5.74) is 1.36. The van der Waals surface area contributed by atoms with Crippen molar-refractivity contribution in [2.75, 3.05) is 26.9 Å². The molecule has 18 heavy (non-hydrogen) atoms. The van der Waals surface area contributed by atoms with Gasteiger partial charge in [-0.3, -0.25) is 0 Å². The van der Waals surface area contributed by atoms with E-state index in [0.717, 1.165) is 25.2 Å². The zero-order chi connectivity index (χ0) is 13.2. The number of hydrogen-bond acceptors (Lipinski definition) is 3. The molecule has 102 valence electrons. The Bertz CT molecular complexity index is 311. The topological polar surface area (TPSA) is 30.5 Å². The lowest BCUT2D eigenvalue weighted by molar-refractivity contribution is 0.110. The van der Waals surface area contributed by atoms with Crippen molar-refractivity contribution in [2.24, 2.45) is 0 Å². The Balaban J connectivity index is 2.28. The molecule has 0 fully saturated rings. The Morgan fingerprint density at radius 2 is 1.89 bits per heavy atom. The molecular weight excluding hydrogens is 226 g/mol. The highest BCUT2D eigenvalue weighted by Crippen LogP contribution is 2.13. The van der Waals surface area contributed by atoms with Gasteiger partial charge in [0.1, 0.15) is 12.4 Å². The van der Waals surface area contributed by atoms with E-state index in [-0.39, 0.29) is 0 Å². The minimum atomic E-state index is 0.562. The highest BCUT2D eigenvalue weighted by molar-refractivity contribution is 5.27. The summed E-state index contributed by atoms with van der Waals surface area (Å²) in [6.07, 6.45) is 2.25. The molecule has 0 aliphatic rings. The van der Waals surface area contributed by atoms with Gasteiger partial charge in [0.05, 0.1) is 6.61 Å². The molecule has 0 amide bonds. The van der Waals surface area contributed by atoms with Crippen LogP contribution >= 0.6 is 0 Å². The molecule has 1 atom stereocenters. The Morgan fingerprint density at radius 1 is 1.17 bits per heavy atom. The van der Waals surface area contributed by atoms with Crippen LogP contribution in [0.1, 0.15) is 25.8 Å². The normalized spacial score (nSPS) is 12.4. The van der Waals surface area contributed by atoms with Crippen molar-refractivity contribution in [1.29, 1.82) is 0 Å². The van der Waals surface area contributed by atoms with E-state index >= 15 is 0 Å². The summed E-state index contributed by atoms with van der Waals surface area (Å²) in [4.78, 5) is 0. The van der Waals surface area contributed by atoms with Gasteiger partial charge in [0.15, 0.2) is 0 Å². The van der Waals surface area contributed by atoms with E-state index in [1.807, 2.05) is 26.1 Å². The van der Waals surface area contributed by atoms with Crippen LogP contribution in [-0.4, -0.2) is 32.9 Å². The van der Waals surface area contributed by atoms with Crippen LogP contribution in [0.3, 0.4) is 0 Å². The molecule has 1 rings (SSSR count). The lowest BCUT2D eigenvalue weighted by atomic mass is 10.1. The fraction of sp³-hybridized carbons (Fsp3) is 0.600. The maximum Gasteiger partial charge on any atom is 0.119 e. The van der Waals surface area contributed by atoms with Crippen LogP contribution in [0.4, 0.5) is 0 Å². The third-order valence-corrected chi connectivity index (χ3v) is 2.98. The van der Waals surface area contributed by atoms with Crippen LogP contribution in [-0.2, 0) is 11.2 Å². The minimum Gasteiger partial charge on any atom is -0.491 e. The van der Waals surface area contributed by atoms with Crippen LogP contribution in [0.5, 0.6) is 5.75 Å². The Morgan fingerprint density at radius 3 is 2.50 bits per heavy atom. The molecule has 0 radical (unpaired) electrons. The average Bonchev–Trinajstić information content (AvgIpc) is 2.42. The maximum absolute atomic E-state index is 5.57. The third kappa shape index (κ3) is 6.03. The van der Waals surface area contributed by atoms with Crippen molar-refractivity contribution >= 4 is 0 Å². The van der Waals surface area contributed by atoms with Crippen LogP contribution in [0, 0.1) is 0 Å². The number of ether oxygens (including phenoxy) is 2. The quantitative estimate of drug-likeness (QED) is 0.684. The molecule has 1 N–H and O–H groups in total. The van der Waals surface area contributed by atoms with Gasteiger partial charge in [-0.05, 0) is 51.4 Å². The Labute approximate surface area is 110 Å². The number of hydrogen-bond donors (Lipinski definition) is 1. The van der Waals surface area contributed by atoms with Gasteiger partial charge in [0.2, 0.25) is 0 Å². The largest absolute Gasteiger partial charge is 0.491 e. The monoisotopic (exact) mass is 251 g/mol. The first-order chi connectivity index (χ1) is 8.76. The predicted octanol–water partition coefficient (Wildman–Crippen LogP) is 2.64. The summed E-state index contributed by atoms with van der Waals surface area (Å²) >= 11 is 0. The number of rotatable bonds is 9. The van der Waals surface area contributed by atoms with Crippen molar-refractivity contribution in [3.8, 4) is 5.75 Å². The average molecular weight is 251 g/mol. The van der Waals surface area contributed by atoms with Gasteiger partial charge in [-0.15, -0.1) is 0 Å². The van der Waals surface area contributed by atoms with Gasteiger partial charge >= 0.3 is 0 Å². The lowest BCUT2D eigenvalue weighted by Crippen LogP contribution is -2.21. The van der Waals surface area contributed by atoms with E-state index in [4.69, 9.17) is 9.47 Å². The maximum atomic E-state index is 5.57. The number of aryl methyl sites for hydroxylation is 1. The summed E-state index contributed by atoms with van der Waals surface area (Å²) in [6, 6.07) is 8.90. The van der Waals surface area contributed by atoms with Gasteiger partial charge in [-0.2, -0.15) is 0 Å². The molecule has 0 aromatic heterocycles. The van der Waals surface area contributed by atoms with Gasteiger partial charge in [0.25, 0.3) is 0 Å². The van der Waals surface area contributed by atoms with Gasteiger partial charge in [-0.25, -0.2) is 0 Å². The lowest BCUT2D eigenvalue weighted by Gasteiger charge is -2.10. The second-order valence-corrected chi connectivity index (χ2v) is 4.42. The summed E-state index contributed by atoms with van der Waals surface area (Å²) in [5.74, 6) is 0.917. The number of benzene rings is 1. The molecule has 0 spiro atoms. The molecule has 1 unspecified atom stereocenters. The number of nitrogens with one attached hydrogen (secondary N) is 1. The molecular formula is C15H25NO2. The first kappa shape index (κ1) is 15.0. The van der Waals surface area contributed by atoms with Crippen LogP contribution < -0.4 is 10.1 Å². The van der Waals surface area contributed by atoms with E-state index in [1.54, 1.807) is 0 Å². The standard InChI is InChI=1S/C15H25NO2/c1-4-17-11-12-18-15-9-7-14(8-10-15)6-5-13(2)16-3/h7-10,13,16H,4-6,11-12H2,1-3H3. The first-order valence-corrected chi connectivity index (χ1v) is 6.73. The fourth-order valence-electron chi connectivity index (χ4n) is 1.64. The molecule has 3 nitrogen and oxygen atoms in total. The summed E-state index contributed by atoms with van der Waals surface area (Å²) in [5, 5.41) is 3.25. The minimum absolute atomic E-state index is 0.562. The summed E-state index contributed by atoms with van der Waals surface area (Å²) in [6.45, 7) is 6.19. The van der Waals surface area contributed by atoms with E-state index < -0.39 is 0 Å². The van der Waals surface area contributed by atoms with Gasteiger partial charge in [-0.1, -0.05) is 12.1 Å². The van der Waals surface area contributed by atoms with Crippen molar-refractivity contribution in [2.45, 2.75) is 32.7 Å². The van der Waals surface area contributed by atoms with Crippen molar-refractivity contribution in [3.05, 3.63) is 29.8 Å². The molecule has 3 heteroatoms. The molecule has 1 aromatic carbocycles. The van der Waals surface area contributed by atoms with Crippen LogP contribution in [0.2, 0.25) is 0 Å². The van der Waals surface area contributed by atoms with E-state index in [2.05, 4.69) is 24.4 Å². The molecule has 0 saturated heterocycles. The van der Waals surface area contributed by atoms with Crippen molar-refractivity contribution in [3.63, 3.8) is 0 Å². The van der Waals surface area contributed by atoms with E-state index in [0.29, 0.717) is 19.3 Å². The smallest absolute Gasteiger partial charge is 0.119 e. The van der Waals surface area contributed by atoms with Crippen LogP contribution in [0.15, 0.2) is 24.3 Å². The second kappa shape index (κ2) is 8.95. The SMILES string of the molecule is CCOCCOc1ccc(CCC(C)NC)cc1. The van der Waals surface area contributed by atoms with Crippen molar-refractivity contribution in [1.82, 2.24) is 5.32 Å².